The maximum atomic E-state index is 12.7. The fraction of sp³-hybridized carbons (Fsp3) is 0.368. The lowest BCUT2D eigenvalue weighted by Gasteiger charge is -2.44. The van der Waals surface area contributed by atoms with Crippen molar-refractivity contribution < 1.29 is 4.79 Å². The summed E-state index contributed by atoms with van der Waals surface area (Å²) in [6, 6.07) is 8.17. The Morgan fingerprint density at radius 2 is 1.88 bits per heavy atom. The standard InChI is InChI=1S/C19H19Cl2N3O2/c20-14-2-1-3-16(18(14)21)24-10-13(4-5-17(24)25)19(26)22-15-11-23-8-6-12(15)7-9-23/h1-5,10,12,15H,6-9,11H2,(H,22,26). The van der Waals surface area contributed by atoms with Gasteiger partial charge in [0.2, 0.25) is 0 Å². The number of rotatable bonds is 3. The summed E-state index contributed by atoms with van der Waals surface area (Å²) >= 11 is 12.3. The Morgan fingerprint density at radius 1 is 1.12 bits per heavy atom. The van der Waals surface area contributed by atoms with Crippen molar-refractivity contribution in [2.24, 2.45) is 5.92 Å². The normalized spacial score (nSPS) is 24.5. The third kappa shape index (κ3) is 3.27. The smallest absolute Gasteiger partial charge is 0.255 e. The van der Waals surface area contributed by atoms with Gasteiger partial charge in [0.1, 0.15) is 0 Å². The third-order valence-electron chi connectivity index (χ3n) is 5.34. The van der Waals surface area contributed by atoms with Crippen LogP contribution in [0.25, 0.3) is 5.69 Å². The van der Waals surface area contributed by atoms with E-state index in [1.54, 1.807) is 24.3 Å². The molecule has 5 rings (SSSR count). The van der Waals surface area contributed by atoms with Gasteiger partial charge in [0, 0.05) is 24.8 Å². The van der Waals surface area contributed by atoms with Crippen molar-refractivity contribution in [1.29, 1.82) is 0 Å². The van der Waals surface area contributed by atoms with E-state index < -0.39 is 0 Å². The highest BCUT2D eigenvalue weighted by Gasteiger charge is 2.35. The number of hydrogen-bond donors (Lipinski definition) is 1. The topological polar surface area (TPSA) is 54.3 Å². The van der Waals surface area contributed by atoms with Crippen LogP contribution >= 0.6 is 23.2 Å². The lowest BCUT2D eigenvalue weighted by atomic mass is 9.84. The molecule has 3 aliphatic heterocycles. The number of carbonyl (C=O) groups is 1. The molecule has 3 saturated heterocycles. The van der Waals surface area contributed by atoms with Crippen LogP contribution in [-0.4, -0.2) is 41.1 Å². The van der Waals surface area contributed by atoms with E-state index in [0.717, 1.165) is 32.5 Å². The van der Waals surface area contributed by atoms with Crippen LogP contribution in [0.3, 0.4) is 0 Å². The summed E-state index contributed by atoms with van der Waals surface area (Å²) in [5, 5.41) is 3.78. The predicted molar refractivity (Wildman–Crippen MR) is 102 cm³/mol. The molecule has 0 aliphatic carbocycles. The zero-order chi connectivity index (χ0) is 18.3. The number of aromatic nitrogens is 1. The fourth-order valence-corrected chi connectivity index (χ4v) is 4.26. The van der Waals surface area contributed by atoms with Gasteiger partial charge in [-0.1, -0.05) is 29.3 Å². The molecule has 136 valence electrons. The Morgan fingerprint density at radius 3 is 2.58 bits per heavy atom. The Kier molecular flexibility index (Phi) is 4.78. The molecule has 1 aromatic carbocycles. The summed E-state index contributed by atoms with van der Waals surface area (Å²) in [6.07, 6.45) is 3.78. The lowest BCUT2D eigenvalue weighted by molar-refractivity contribution is 0.0620. The quantitative estimate of drug-likeness (QED) is 0.874. The maximum Gasteiger partial charge on any atom is 0.255 e. The number of hydrogen-bond acceptors (Lipinski definition) is 3. The minimum atomic E-state index is -0.270. The average molecular weight is 392 g/mol. The van der Waals surface area contributed by atoms with Gasteiger partial charge in [-0.25, -0.2) is 0 Å². The van der Waals surface area contributed by atoms with Crippen molar-refractivity contribution in [3.8, 4) is 5.69 Å². The van der Waals surface area contributed by atoms with Crippen molar-refractivity contribution in [3.63, 3.8) is 0 Å². The molecule has 26 heavy (non-hydrogen) atoms. The van der Waals surface area contributed by atoms with Crippen LogP contribution in [-0.2, 0) is 0 Å². The van der Waals surface area contributed by atoms with E-state index in [-0.39, 0.29) is 22.5 Å². The largest absolute Gasteiger partial charge is 0.348 e. The molecule has 3 aliphatic rings. The molecule has 5 nitrogen and oxygen atoms in total. The van der Waals surface area contributed by atoms with Crippen LogP contribution in [0.1, 0.15) is 23.2 Å². The highest BCUT2D eigenvalue weighted by molar-refractivity contribution is 6.43. The number of benzene rings is 1. The first-order chi connectivity index (χ1) is 12.5. The van der Waals surface area contributed by atoms with Gasteiger partial charge in [0.05, 0.1) is 21.3 Å². The molecule has 7 heteroatoms. The van der Waals surface area contributed by atoms with Crippen molar-refractivity contribution in [2.45, 2.75) is 18.9 Å². The van der Waals surface area contributed by atoms with Crippen molar-refractivity contribution in [2.75, 3.05) is 19.6 Å². The Labute approximate surface area is 161 Å². The van der Waals surface area contributed by atoms with Gasteiger partial charge >= 0.3 is 0 Å². The van der Waals surface area contributed by atoms with E-state index in [1.807, 2.05) is 0 Å². The Balaban J connectivity index is 1.60. The van der Waals surface area contributed by atoms with Crippen LogP contribution in [0.15, 0.2) is 41.3 Å². The highest BCUT2D eigenvalue weighted by atomic mass is 35.5. The van der Waals surface area contributed by atoms with Crippen molar-refractivity contribution in [1.82, 2.24) is 14.8 Å². The van der Waals surface area contributed by atoms with Gasteiger partial charge in [0.25, 0.3) is 11.5 Å². The summed E-state index contributed by atoms with van der Waals surface area (Å²) in [5.41, 5.74) is 0.618. The average Bonchev–Trinajstić information content (AvgIpc) is 2.65. The molecular weight excluding hydrogens is 373 g/mol. The second kappa shape index (κ2) is 7.06. The first-order valence-corrected chi connectivity index (χ1v) is 9.49. The highest BCUT2D eigenvalue weighted by Crippen LogP contribution is 2.29. The zero-order valence-corrected chi connectivity index (χ0v) is 15.6. The van der Waals surface area contributed by atoms with Gasteiger partial charge in [-0.15, -0.1) is 0 Å². The van der Waals surface area contributed by atoms with E-state index in [4.69, 9.17) is 23.2 Å². The summed E-state index contributed by atoms with van der Waals surface area (Å²) < 4.78 is 1.36. The van der Waals surface area contributed by atoms with Gasteiger partial charge in [0.15, 0.2) is 0 Å². The van der Waals surface area contributed by atoms with Gasteiger partial charge in [-0.2, -0.15) is 0 Å². The minimum Gasteiger partial charge on any atom is -0.348 e. The molecule has 1 amide bonds. The molecular formula is C19H19Cl2N3O2. The summed E-state index contributed by atoms with van der Waals surface area (Å²) in [6.45, 7) is 3.14. The summed E-state index contributed by atoms with van der Waals surface area (Å²) in [5.74, 6) is 0.368. The molecule has 2 bridgehead atoms. The second-order valence-electron chi connectivity index (χ2n) is 6.92. The van der Waals surface area contributed by atoms with Crippen LogP contribution in [0.4, 0.5) is 0 Å². The number of nitrogens with zero attached hydrogens (tertiary/aromatic N) is 2. The first-order valence-electron chi connectivity index (χ1n) is 8.73. The number of fused-ring (bicyclic) bond motifs is 3. The van der Waals surface area contributed by atoms with Gasteiger partial charge in [-0.05, 0) is 50.0 Å². The molecule has 3 fully saturated rings. The molecule has 0 radical (unpaired) electrons. The Bertz CT molecular complexity index is 904. The maximum absolute atomic E-state index is 12.7. The van der Waals surface area contributed by atoms with E-state index in [9.17, 15) is 9.59 Å². The minimum absolute atomic E-state index is 0.167. The van der Waals surface area contributed by atoms with E-state index in [1.165, 1.54) is 16.8 Å². The number of halogens is 2. The number of pyridine rings is 1. The molecule has 1 N–H and O–H groups in total. The van der Waals surface area contributed by atoms with Gasteiger partial charge in [-0.3, -0.25) is 14.2 Å². The van der Waals surface area contributed by atoms with Crippen LogP contribution in [0.5, 0.6) is 0 Å². The van der Waals surface area contributed by atoms with Crippen molar-refractivity contribution in [3.05, 3.63) is 62.5 Å². The molecule has 0 saturated carbocycles. The molecule has 1 aromatic heterocycles. The zero-order valence-electron chi connectivity index (χ0n) is 14.1. The molecule has 1 unspecified atom stereocenters. The third-order valence-corrected chi connectivity index (χ3v) is 6.15. The second-order valence-corrected chi connectivity index (χ2v) is 7.70. The Hall–Kier alpha value is -1.82. The monoisotopic (exact) mass is 391 g/mol. The van der Waals surface area contributed by atoms with E-state index in [0.29, 0.717) is 22.2 Å². The fourth-order valence-electron chi connectivity index (χ4n) is 3.87. The molecule has 4 heterocycles. The van der Waals surface area contributed by atoms with Crippen molar-refractivity contribution >= 4 is 29.1 Å². The van der Waals surface area contributed by atoms with Crippen LogP contribution < -0.4 is 10.9 Å². The molecule has 2 aromatic rings. The molecule has 0 spiro atoms. The number of nitrogens with one attached hydrogen (secondary N) is 1. The SMILES string of the molecule is O=C(NC1CN2CCC1CC2)c1ccc(=O)n(-c2cccc(Cl)c2Cl)c1. The first kappa shape index (κ1) is 17.6. The number of carbonyl (C=O) groups excluding carboxylic acids is 1. The lowest BCUT2D eigenvalue weighted by Crippen LogP contribution is -2.57. The van der Waals surface area contributed by atoms with E-state index >= 15 is 0 Å². The summed E-state index contributed by atoms with van der Waals surface area (Å²) in [7, 11) is 0. The van der Waals surface area contributed by atoms with Crippen LogP contribution in [0, 0.1) is 5.92 Å². The molecule has 1 atom stereocenters. The number of piperidine rings is 3. The summed E-state index contributed by atoms with van der Waals surface area (Å²) in [4.78, 5) is 27.4. The predicted octanol–water partition coefficient (Wildman–Crippen LogP) is 2.97. The van der Waals surface area contributed by atoms with Crippen LogP contribution in [0.2, 0.25) is 10.0 Å². The van der Waals surface area contributed by atoms with E-state index in [2.05, 4.69) is 10.2 Å². The van der Waals surface area contributed by atoms with Gasteiger partial charge < -0.3 is 10.2 Å². The number of amides is 1.